The Morgan fingerprint density at radius 2 is 0.783 bits per heavy atom. The van der Waals surface area contributed by atoms with E-state index in [0.717, 1.165) is 34.4 Å². The van der Waals surface area contributed by atoms with Gasteiger partial charge in [-0.05, 0) is 53.9 Å². The van der Waals surface area contributed by atoms with Crippen molar-refractivity contribution in [2.24, 2.45) is 0 Å². The van der Waals surface area contributed by atoms with Gasteiger partial charge in [-0.1, -0.05) is 164 Å². The molecule has 0 aliphatic rings. The molecular formula is C42H56O4. The normalized spacial score (nSPS) is 10.7. The number of aromatic hydroxyl groups is 3. The molecule has 0 unspecified atom stereocenters. The molecule has 3 N–H and O–H groups in total. The van der Waals surface area contributed by atoms with Gasteiger partial charge in [-0.15, -0.1) is 0 Å². The first-order chi connectivity index (χ1) is 22.6. The second kappa shape index (κ2) is 22.6. The van der Waals surface area contributed by atoms with Gasteiger partial charge in [0.05, 0.1) is 6.61 Å². The first-order valence-corrected chi connectivity index (χ1v) is 17.7. The van der Waals surface area contributed by atoms with Gasteiger partial charge < -0.3 is 20.1 Å². The van der Waals surface area contributed by atoms with Gasteiger partial charge in [0.15, 0.2) is 0 Å². The van der Waals surface area contributed by atoms with Crippen molar-refractivity contribution >= 4 is 0 Å². The fraction of sp³-hybridized carbons (Fsp3) is 0.429. The van der Waals surface area contributed by atoms with E-state index >= 15 is 0 Å². The summed E-state index contributed by atoms with van der Waals surface area (Å²) in [5.41, 5.74) is 3.62. The van der Waals surface area contributed by atoms with Crippen LogP contribution in [0.5, 0.6) is 23.0 Å². The molecule has 248 valence electrons. The van der Waals surface area contributed by atoms with Crippen molar-refractivity contribution in [2.45, 2.75) is 110 Å². The highest BCUT2D eigenvalue weighted by Crippen LogP contribution is 2.41. The minimum absolute atomic E-state index is 0.169. The third-order valence-electron chi connectivity index (χ3n) is 8.37. The zero-order valence-electron chi connectivity index (χ0n) is 28.0. The second-order valence-electron chi connectivity index (χ2n) is 12.3. The molecule has 4 aromatic carbocycles. The number of phenols is 3. The Labute approximate surface area is 278 Å². The van der Waals surface area contributed by atoms with Crippen molar-refractivity contribution in [1.29, 1.82) is 0 Å². The number of hydrogen-bond acceptors (Lipinski definition) is 4. The minimum Gasteiger partial charge on any atom is -0.508 e. The molecule has 0 aliphatic heterocycles. The molecule has 0 atom stereocenters. The molecule has 4 aromatic rings. The van der Waals surface area contributed by atoms with Crippen LogP contribution in [0.15, 0.2) is 97.1 Å². The Morgan fingerprint density at radius 3 is 1.15 bits per heavy atom. The molecule has 4 nitrogen and oxygen atoms in total. The lowest BCUT2D eigenvalue weighted by Crippen LogP contribution is -1.98. The average molecular weight is 625 g/mol. The highest BCUT2D eigenvalue weighted by Gasteiger charge is 2.14. The van der Waals surface area contributed by atoms with Gasteiger partial charge >= 0.3 is 0 Å². The van der Waals surface area contributed by atoms with E-state index < -0.39 is 0 Å². The quantitative estimate of drug-likeness (QED) is 0.0676. The molecule has 0 saturated carbocycles. The van der Waals surface area contributed by atoms with Gasteiger partial charge in [-0.25, -0.2) is 0 Å². The van der Waals surface area contributed by atoms with Gasteiger partial charge in [0.25, 0.3) is 0 Å². The van der Waals surface area contributed by atoms with Crippen molar-refractivity contribution < 1.29 is 20.1 Å². The summed E-state index contributed by atoms with van der Waals surface area (Å²) in [5, 5.41) is 28.4. The van der Waals surface area contributed by atoms with Gasteiger partial charge in [-0.3, -0.25) is 0 Å². The number of benzene rings is 4. The average Bonchev–Trinajstić information content (AvgIpc) is 3.09. The Kier molecular flexibility index (Phi) is 17.9. The van der Waals surface area contributed by atoms with E-state index in [1.807, 2.05) is 72.8 Å². The molecule has 0 radical (unpaired) electrons. The molecule has 0 aliphatic carbocycles. The first-order valence-electron chi connectivity index (χ1n) is 17.7. The van der Waals surface area contributed by atoms with E-state index in [1.165, 1.54) is 121 Å². The highest BCUT2D eigenvalue weighted by molar-refractivity contribution is 5.83. The standard InChI is InChI=1S/C36H50O2.C6H6O2/c1-2-3-4-5-6-7-8-9-10-11-12-13-14-15-16-23-28-38-33-29-34(31-24-19-17-20-25-31)36(37)35(30-33)32-26-21-18-22-27-32;7-5-1-2-6(8)4-3-5/h17-22,24-27,29-30,37H,2-16,23,28H2,1H3;1-4,7-8H. The third kappa shape index (κ3) is 14.5. The molecule has 0 spiro atoms. The highest BCUT2D eigenvalue weighted by atomic mass is 16.5. The molecule has 46 heavy (non-hydrogen) atoms. The summed E-state index contributed by atoms with van der Waals surface area (Å²) in [6, 6.07) is 29.8. The number of hydrogen-bond donors (Lipinski definition) is 3. The molecule has 4 heteroatoms. The predicted octanol–water partition coefficient (Wildman–Crippen LogP) is 12.5. The zero-order valence-corrected chi connectivity index (χ0v) is 28.0. The largest absolute Gasteiger partial charge is 0.508 e. The summed E-state index contributed by atoms with van der Waals surface area (Å²) < 4.78 is 6.19. The molecule has 0 heterocycles. The van der Waals surface area contributed by atoms with Gasteiger partial charge in [0, 0.05) is 11.1 Å². The lowest BCUT2D eigenvalue weighted by Gasteiger charge is -2.15. The SMILES string of the molecule is CCCCCCCCCCCCCCCCCCOc1cc(-c2ccccc2)c(O)c(-c2ccccc2)c1.Oc1ccc(O)cc1. The fourth-order valence-electron chi connectivity index (χ4n) is 5.66. The van der Waals surface area contributed by atoms with E-state index in [1.54, 1.807) is 0 Å². The van der Waals surface area contributed by atoms with E-state index in [2.05, 4.69) is 6.92 Å². The first kappa shape index (κ1) is 36.5. The van der Waals surface area contributed by atoms with Crippen molar-refractivity contribution in [3.05, 3.63) is 97.1 Å². The summed E-state index contributed by atoms with van der Waals surface area (Å²) in [4.78, 5) is 0. The number of rotatable bonds is 20. The van der Waals surface area contributed by atoms with Crippen molar-refractivity contribution in [3.8, 4) is 45.3 Å². The third-order valence-corrected chi connectivity index (χ3v) is 8.37. The Balaban J connectivity index is 0.000000625. The Bertz CT molecular complexity index is 1240. The summed E-state index contributed by atoms with van der Waals surface area (Å²) in [5.74, 6) is 1.46. The van der Waals surface area contributed by atoms with Gasteiger partial charge in [0.2, 0.25) is 0 Å². The lowest BCUT2D eigenvalue weighted by atomic mass is 9.97. The molecule has 0 fully saturated rings. The summed E-state index contributed by atoms with van der Waals surface area (Å²) in [6.07, 6.45) is 21.9. The van der Waals surface area contributed by atoms with Crippen LogP contribution in [0, 0.1) is 0 Å². The van der Waals surface area contributed by atoms with Crippen LogP contribution in [0.1, 0.15) is 110 Å². The number of ether oxygens (including phenoxy) is 1. The topological polar surface area (TPSA) is 69.9 Å². The minimum atomic E-state index is 0.169. The predicted molar refractivity (Wildman–Crippen MR) is 194 cm³/mol. The fourth-order valence-corrected chi connectivity index (χ4v) is 5.66. The molecule has 0 amide bonds. The van der Waals surface area contributed by atoms with Crippen LogP contribution in [-0.2, 0) is 0 Å². The smallest absolute Gasteiger partial charge is 0.131 e. The van der Waals surface area contributed by atoms with Crippen molar-refractivity contribution in [1.82, 2.24) is 0 Å². The number of unbranched alkanes of at least 4 members (excludes halogenated alkanes) is 15. The van der Waals surface area contributed by atoms with Gasteiger partial charge in [0.1, 0.15) is 23.0 Å². The summed E-state index contributed by atoms with van der Waals surface area (Å²) in [6.45, 7) is 3.00. The molecule has 0 bridgehead atoms. The number of phenolic OH excluding ortho intramolecular Hbond substituents is 3. The molecular weight excluding hydrogens is 568 g/mol. The van der Waals surface area contributed by atoms with Crippen molar-refractivity contribution in [3.63, 3.8) is 0 Å². The molecule has 0 aromatic heterocycles. The van der Waals surface area contributed by atoms with E-state index in [-0.39, 0.29) is 11.5 Å². The van der Waals surface area contributed by atoms with Crippen LogP contribution in [-0.4, -0.2) is 21.9 Å². The monoisotopic (exact) mass is 624 g/mol. The van der Waals surface area contributed by atoms with Crippen LogP contribution in [0.2, 0.25) is 0 Å². The summed E-state index contributed by atoms with van der Waals surface area (Å²) >= 11 is 0. The van der Waals surface area contributed by atoms with Crippen LogP contribution >= 0.6 is 0 Å². The van der Waals surface area contributed by atoms with Crippen LogP contribution in [0.3, 0.4) is 0 Å². The Morgan fingerprint density at radius 1 is 0.435 bits per heavy atom. The van der Waals surface area contributed by atoms with Gasteiger partial charge in [-0.2, -0.15) is 0 Å². The molecule has 4 rings (SSSR count). The van der Waals surface area contributed by atoms with Crippen LogP contribution in [0.25, 0.3) is 22.3 Å². The maximum Gasteiger partial charge on any atom is 0.131 e. The van der Waals surface area contributed by atoms with Crippen molar-refractivity contribution in [2.75, 3.05) is 6.61 Å². The maximum atomic E-state index is 11.1. The zero-order chi connectivity index (χ0) is 32.7. The lowest BCUT2D eigenvalue weighted by molar-refractivity contribution is 0.304. The van der Waals surface area contributed by atoms with Crippen LogP contribution in [0.4, 0.5) is 0 Å². The Hall–Kier alpha value is -3.92. The second-order valence-corrected chi connectivity index (χ2v) is 12.3. The van der Waals surface area contributed by atoms with E-state index in [9.17, 15) is 5.11 Å². The van der Waals surface area contributed by atoms with Crippen LogP contribution < -0.4 is 4.74 Å². The van der Waals surface area contributed by atoms with E-state index in [4.69, 9.17) is 14.9 Å². The summed E-state index contributed by atoms with van der Waals surface area (Å²) in [7, 11) is 0. The maximum absolute atomic E-state index is 11.1. The molecule has 0 saturated heterocycles. The van der Waals surface area contributed by atoms with E-state index in [0.29, 0.717) is 12.4 Å².